The molecule has 10 atom stereocenters. The summed E-state index contributed by atoms with van der Waals surface area (Å²) < 4.78 is 0. The molecular weight excluding hydrogens is 1120 g/mol. The Morgan fingerprint density at radius 3 is 1.52 bits per heavy atom. The van der Waals surface area contributed by atoms with Crippen LogP contribution in [0.1, 0.15) is 123 Å². The van der Waals surface area contributed by atoms with Gasteiger partial charge >= 0.3 is 5.97 Å². The number of nitrogens with two attached hydrogens (primary N) is 8. The number of guanidine groups is 2. The van der Waals surface area contributed by atoms with Crippen LogP contribution >= 0.6 is 0 Å². The molecule has 26 N–H and O–H groups in total. The number of aromatic hydroxyl groups is 1. The first kappa shape index (κ1) is 73.7. The number of carboxylic acid groups (broad SMARTS) is 1. The molecule has 10 amide bonds. The van der Waals surface area contributed by atoms with E-state index in [0.717, 1.165) is 4.90 Å². The number of aliphatic carboxylic acids is 1. The highest BCUT2D eigenvalue weighted by Crippen LogP contribution is 2.21. The zero-order valence-electron chi connectivity index (χ0n) is 49.6. The first-order valence-corrected chi connectivity index (χ1v) is 28.9. The lowest BCUT2D eigenvalue weighted by atomic mass is 10.00. The molecular formula is C54H93N19O13. The number of carbonyl (C=O) groups is 11. The molecule has 1 fully saturated rings. The van der Waals surface area contributed by atoms with Crippen LogP contribution in [0, 0.1) is 5.92 Å². The van der Waals surface area contributed by atoms with Gasteiger partial charge in [0, 0.05) is 26.1 Å². The van der Waals surface area contributed by atoms with Gasteiger partial charge in [-0.2, -0.15) is 0 Å². The van der Waals surface area contributed by atoms with Crippen molar-refractivity contribution in [1.29, 1.82) is 0 Å². The standard InChI is InChI=1S/C54H93N19O13/c1-29(2)26-38(48(81)70-39(27-32-17-19-33(74)20-18-32)49(82)69-37(52(85)86)14-6-8-22-56)71-50(83)41-16-11-25-73(41)51(84)40(28-42(58)75)72-47(80)35(13-5-7-21-55)67-44(77)31(4)66-46(79)36(15-10-24-64-54(61)62)68-43(76)30(3)65-45(78)34(57)12-9-23-63-53(59)60/h17-20,29-31,34-41,74H,5-16,21-28,55-57H2,1-4H3,(H2,58,75)(H,65,78)(H,66,79)(H,67,77)(H,68,76)(H,69,82)(H,70,81)(H,71,83)(H,72,80)(H,85,86)(H4,59,60,63)(H4,61,62,64)/t30-,31-,34-,35-,36-,37-,38-,39-,40-,41-/m0/s1. The largest absolute Gasteiger partial charge is 0.508 e. The monoisotopic (exact) mass is 1220 g/mol. The van der Waals surface area contributed by atoms with Crippen LogP contribution in [-0.4, -0.2) is 185 Å². The summed E-state index contributed by atoms with van der Waals surface area (Å²) in [5, 5.41) is 40.3. The second-order valence-electron chi connectivity index (χ2n) is 21.6. The van der Waals surface area contributed by atoms with E-state index in [-0.39, 0.29) is 114 Å². The number of phenolic OH excluding ortho intramolecular Hbond substituents is 1. The van der Waals surface area contributed by atoms with Gasteiger partial charge in [-0.25, -0.2) is 4.79 Å². The van der Waals surface area contributed by atoms with Crippen molar-refractivity contribution in [1.82, 2.24) is 47.4 Å². The minimum atomic E-state index is -1.67. The van der Waals surface area contributed by atoms with Gasteiger partial charge in [-0.3, -0.25) is 57.9 Å². The van der Waals surface area contributed by atoms with E-state index in [1.54, 1.807) is 13.8 Å². The van der Waals surface area contributed by atoms with Crippen molar-refractivity contribution in [3.05, 3.63) is 29.8 Å². The lowest BCUT2D eigenvalue weighted by Crippen LogP contribution is -2.60. The molecule has 0 aromatic heterocycles. The number of phenols is 1. The molecule has 0 radical (unpaired) electrons. The summed E-state index contributed by atoms with van der Waals surface area (Å²) in [5.41, 5.74) is 45.0. The van der Waals surface area contributed by atoms with Gasteiger partial charge < -0.3 is 104 Å². The highest BCUT2D eigenvalue weighted by Gasteiger charge is 2.41. The second-order valence-corrected chi connectivity index (χ2v) is 21.6. The normalized spacial score (nSPS) is 16.0. The second kappa shape index (κ2) is 38.5. The maximum atomic E-state index is 14.5. The fourth-order valence-corrected chi connectivity index (χ4v) is 9.06. The highest BCUT2D eigenvalue weighted by atomic mass is 16.4. The smallest absolute Gasteiger partial charge is 0.326 e. The SMILES string of the molecule is CC(C)C[C@H](NC(=O)[C@@H]1CCCN1C(=O)[C@H](CC(N)=O)NC(=O)[C@H](CCCCN)NC(=O)[C@H](C)NC(=O)[C@H](CCCN=C(N)N)NC(=O)[C@H](C)NC(=O)[C@@H](N)CCCN=C(N)N)C(=O)N[C@@H](Cc1ccc(O)cc1)C(=O)N[C@@H](CCCCN)C(=O)O. The summed E-state index contributed by atoms with van der Waals surface area (Å²) in [6, 6.07) is -7.34. The van der Waals surface area contributed by atoms with Gasteiger partial charge in [-0.05, 0) is 134 Å². The van der Waals surface area contributed by atoms with Gasteiger partial charge in [0.05, 0.1) is 12.5 Å². The van der Waals surface area contributed by atoms with Crippen molar-refractivity contribution in [2.24, 2.45) is 61.8 Å². The Hall–Kier alpha value is -8.39. The summed E-state index contributed by atoms with van der Waals surface area (Å²) >= 11 is 0. The van der Waals surface area contributed by atoms with E-state index in [1.807, 2.05) is 0 Å². The number of benzene rings is 1. The number of aliphatic imine (C=N–C) groups is 2. The number of nitrogens with zero attached hydrogens (tertiary/aromatic N) is 3. The fraction of sp³-hybridized carbons (Fsp3) is 0.648. The quantitative estimate of drug-likeness (QED) is 0.0166. The van der Waals surface area contributed by atoms with Crippen molar-refractivity contribution in [2.45, 2.75) is 184 Å². The molecule has 32 nitrogen and oxygen atoms in total. The van der Waals surface area contributed by atoms with Gasteiger partial charge in [0.2, 0.25) is 59.1 Å². The Balaban J connectivity index is 2.34. The predicted octanol–water partition coefficient (Wildman–Crippen LogP) is -5.46. The van der Waals surface area contributed by atoms with Crippen molar-refractivity contribution in [3.63, 3.8) is 0 Å². The summed E-state index contributed by atoms with van der Waals surface area (Å²) in [4.78, 5) is 158. The van der Waals surface area contributed by atoms with Gasteiger partial charge in [0.15, 0.2) is 11.9 Å². The van der Waals surface area contributed by atoms with E-state index >= 15 is 0 Å². The minimum absolute atomic E-state index is 0.0257. The number of amides is 10. The fourth-order valence-electron chi connectivity index (χ4n) is 9.06. The average molecular weight is 1220 g/mol. The Morgan fingerprint density at radius 1 is 0.558 bits per heavy atom. The zero-order chi connectivity index (χ0) is 64.6. The van der Waals surface area contributed by atoms with Gasteiger partial charge in [-0.15, -0.1) is 0 Å². The highest BCUT2D eigenvalue weighted by molar-refractivity contribution is 5.99. The van der Waals surface area contributed by atoms with Gasteiger partial charge in [0.1, 0.15) is 60.1 Å². The molecule has 0 bridgehead atoms. The maximum Gasteiger partial charge on any atom is 0.326 e. The van der Waals surface area contributed by atoms with Crippen LogP contribution in [-0.2, 0) is 59.2 Å². The van der Waals surface area contributed by atoms with Crippen LogP contribution in [0.25, 0.3) is 0 Å². The molecule has 0 aliphatic carbocycles. The Kier molecular flexibility index (Phi) is 33.0. The topological polar surface area (TPSA) is 561 Å². The molecule has 32 heteroatoms. The molecule has 1 aromatic rings. The number of hydrogen-bond donors (Lipinski definition) is 18. The minimum Gasteiger partial charge on any atom is -0.508 e. The van der Waals surface area contributed by atoms with Crippen molar-refractivity contribution < 1.29 is 63.0 Å². The van der Waals surface area contributed by atoms with Crippen LogP contribution in [0.4, 0.5) is 0 Å². The number of nitrogens with one attached hydrogen (secondary N) is 8. The van der Waals surface area contributed by atoms with Crippen LogP contribution < -0.4 is 88.4 Å². The number of rotatable bonds is 40. The zero-order valence-corrected chi connectivity index (χ0v) is 49.6. The van der Waals surface area contributed by atoms with E-state index in [9.17, 15) is 63.0 Å². The van der Waals surface area contributed by atoms with Crippen LogP contribution in [0.2, 0.25) is 0 Å². The van der Waals surface area contributed by atoms with E-state index < -0.39 is 132 Å². The molecule has 1 heterocycles. The van der Waals surface area contributed by atoms with Crippen molar-refractivity contribution >= 4 is 77.0 Å². The van der Waals surface area contributed by atoms with Crippen LogP contribution in [0.5, 0.6) is 5.75 Å². The number of unbranched alkanes of at least 4 members (excludes halogenated alkanes) is 2. The molecule has 1 aromatic carbocycles. The van der Waals surface area contributed by atoms with Gasteiger partial charge in [0.25, 0.3) is 0 Å². The molecule has 1 saturated heterocycles. The van der Waals surface area contributed by atoms with E-state index in [1.165, 1.54) is 38.1 Å². The number of likely N-dealkylation sites (tertiary alicyclic amines) is 1. The Labute approximate surface area is 500 Å². The molecule has 1 aliphatic heterocycles. The van der Waals surface area contributed by atoms with Crippen molar-refractivity contribution in [2.75, 3.05) is 32.7 Å². The Morgan fingerprint density at radius 2 is 1.01 bits per heavy atom. The number of carbonyl (C=O) groups excluding carboxylic acids is 10. The molecule has 1 aliphatic rings. The third-order valence-corrected chi connectivity index (χ3v) is 13.7. The first-order chi connectivity index (χ1) is 40.6. The molecule has 86 heavy (non-hydrogen) atoms. The third kappa shape index (κ3) is 27.5. The van der Waals surface area contributed by atoms with Gasteiger partial charge in [-0.1, -0.05) is 26.0 Å². The molecule has 0 spiro atoms. The average Bonchev–Trinajstić information content (AvgIpc) is 3.30. The molecule has 0 unspecified atom stereocenters. The summed E-state index contributed by atoms with van der Waals surface area (Å²) in [5.74, 6) is -10.3. The molecule has 482 valence electrons. The number of carboxylic acids is 1. The van der Waals surface area contributed by atoms with Crippen LogP contribution in [0.3, 0.4) is 0 Å². The first-order valence-electron chi connectivity index (χ1n) is 28.9. The number of primary amides is 1. The summed E-state index contributed by atoms with van der Waals surface area (Å²) in [6.07, 6.45) is 1.82. The Bertz CT molecular complexity index is 2490. The predicted molar refractivity (Wildman–Crippen MR) is 318 cm³/mol. The summed E-state index contributed by atoms with van der Waals surface area (Å²) in [6.45, 7) is 7.01. The van der Waals surface area contributed by atoms with E-state index in [0.29, 0.717) is 37.8 Å². The van der Waals surface area contributed by atoms with E-state index in [4.69, 9.17) is 45.9 Å². The van der Waals surface area contributed by atoms with E-state index in [2.05, 4.69) is 52.5 Å². The number of hydrogen-bond acceptors (Lipinski definition) is 17. The van der Waals surface area contributed by atoms with Crippen molar-refractivity contribution in [3.8, 4) is 5.75 Å². The lowest BCUT2D eigenvalue weighted by molar-refractivity contribution is -0.143. The maximum absolute atomic E-state index is 14.5. The molecule has 0 saturated carbocycles. The summed E-state index contributed by atoms with van der Waals surface area (Å²) in [7, 11) is 0. The molecule has 2 rings (SSSR count). The lowest BCUT2D eigenvalue weighted by Gasteiger charge is -2.31. The van der Waals surface area contributed by atoms with Crippen LogP contribution in [0.15, 0.2) is 34.3 Å². The third-order valence-electron chi connectivity index (χ3n) is 13.7.